The summed E-state index contributed by atoms with van der Waals surface area (Å²) >= 11 is -0.547. The molecule has 3 rings (SSSR count). The second-order valence-electron chi connectivity index (χ2n) is 3.33. The standard InChI is InChI=1S/C12H11I/c1-2-4-11-9-12(13-7-8-13)6-5-10(11)3-1/h1-6,9H,7-8H2. The van der Waals surface area contributed by atoms with Crippen LogP contribution in [0.3, 0.4) is 0 Å². The van der Waals surface area contributed by atoms with Crippen molar-refractivity contribution in [1.29, 1.82) is 0 Å². The SMILES string of the molecule is c1ccc2cc(I3CC3)ccc2c1. The number of alkyl halides is 2. The van der Waals surface area contributed by atoms with Crippen molar-refractivity contribution in [3.8, 4) is 0 Å². The van der Waals surface area contributed by atoms with Crippen LogP contribution >= 0.6 is 19.8 Å². The number of hydrogen-bond acceptors (Lipinski definition) is 0. The fourth-order valence-corrected chi connectivity index (χ4v) is 5.86. The van der Waals surface area contributed by atoms with Crippen LogP contribution in [0, 0.1) is 3.57 Å². The van der Waals surface area contributed by atoms with Crippen LogP contribution in [-0.2, 0) is 0 Å². The molecule has 0 atom stereocenters. The molecular formula is C12H11I. The van der Waals surface area contributed by atoms with Gasteiger partial charge in [-0.2, -0.15) is 0 Å². The molecule has 0 aromatic heterocycles. The van der Waals surface area contributed by atoms with E-state index in [-0.39, 0.29) is 0 Å². The van der Waals surface area contributed by atoms with E-state index in [0.717, 1.165) is 0 Å². The summed E-state index contributed by atoms with van der Waals surface area (Å²) in [7, 11) is 0. The molecule has 1 heterocycles. The van der Waals surface area contributed by atoms with Gasteiger partial charge in [-0.3, -0.25) is 0 Å². The minimum absolute atomic E-state index is 0.547. The van der Waals surface area contributed by atoms with Crippen LogP contribution in [0.1, 0.15) is 0 Å². The van der Waals surface area contributed by atoms with Gasteiger partial charge in [-0.15, -0.1) is 0 Å². The topological polar surface area (TPSA) is 0 Å². The molecule has 1 saturated heterocycles. The molecule has 0 nitrogen and oxygen atoms in total. The summed E-state index contributed by atoms with van der Waals surface area (Å²) in [6.07, 6.45) is 0. The van der Waals surface area contributed by atoms with Gasteiger partial charge in [0.05, 0.1) is 0 Å². The normalized spacial score (nSPS) is 17.7. The Morgan fingerprint density at radius 1 is 0.846 bits per heavy atom. The summed E-state index contributed by atoms with van der Waals surface area (Å²) in [6.45, 7) is 0. The third-order valence-corrected chi connectivity index (χ3v) is 6.99. The molecule has 0 N–H and O–H groups in total. The Morgan fingerprint density at radius 2 is 1.62 bits per heavy atom. The molecule has 13 heavy (non-hydrogen) atoms. The van der Waals surface area contributed by atoms with Crippen LogP contribution in [0.5, 0.6) is 0 Å². The first-order valence-corrected chi connectivity index (χ1v) is 8.67. The zero-order valence-corrected chi connectivity index (χ0v) is 9.49. The number of halogens is 1. The van der Waals surface area contributed by atoms with Crippen molar-refractivity contribution in [2.24, 2.45) is 0 Å². The maximum absolute atomic E-state index is 2.41. The third kappa shape index (κ3) is 1.46. The van der Waals surface area contributed by atoms with Crippen LogP contribution in [0.25, 0.3) is 10.8 Å². The van der Waals surface area contributed by atoms with Crippen molar-refractivity contribution < 1.29 is 0 Å². The van der Waals surface area contributed by atoms with E-state index in [2.05, 4.69) is 42.5 Å². The van der Waals surface area contributed by atoms with E-state index in [0.29, 0.717) is 0 Å². The van der Waals surface area contributed by atoms with Gasteiger partial charge in [0, 0.05) is 0 Å². The predicted octanol–water partition coefficient (Wildman–Crippen LogP) is 3.53. The molecular weight excluding hydrogens is 271 g/mol. The molecule has 0 radical (unpaired) electrons. The molecule has 0 bridgehead atoms. The molecule has 1 aliphatic rings. The molecule has 0 amide bonds. The molecule has 2 aromatic carbocycles. The Hall–Kier alpha value is -0.570. The Morgan fingerprint density at radius 3 is 2.38 bits per heavy atom. The molecule has 0 unspecified atom stereocenters. The summed E-state index contributed by atoms with van der Waals surface area (Å²) in [4.78, 5) is 0. The molecule has 66 valence electrons. The van der Waals surface area contributed by atoms with E-state index in [9.17, 15) is 0 Å². The van der Waals surface area contributed by atoms with Crippen LogP contribution < -0.4 is 0 Å². The number of fused-ring (bicyclic) bond motifs is 1. The summed E-state index contributed by atoms with van der Waals surface area (Å²) in [6, 6.07) is 15.7. The number of benzene rings is 2. The second kappa shape index (κ2) is 2.98. The van der Waals surface area contributed by atoms with E-state index >= 15 is 0 Å². The monoisotopic (exact) mass is 282 g/mol. The van der Waals surface area contributed by atoms with Gasteiger partial charge in [-0.25, -0.2) is 0 Å². The van der Waals surface area contributed by atoms with Crippen LogP contribution in [0.4, 0.5) is 0 Å². The van der Waals surface area contributed by atoms with Gasteiger partial charge in [0.2, 0.25) is 0 Å². The van der Waals surface area contributed by atoms with Crippen molar-refractivity contribution in [3.63, 3.8) is 0 Å². The van der Waals surface area contributed by atoms with Gasteiger partial charge >= 0.3 is 85.5 Å². The quantitative estimate of drug-likeness (QED) is 0.554. The molecule has 0 aliphatic carbocycles. The first-order chi connectivity index (χ1) is 6.43. The van der Waals surface area contributed by atoms with Crippen LogP contribution in [-0.4, -0.2) is 8.86 Å². The van der Waals surface area contributed by atoms with Gasteiger partial charge in [0.25, 0.3) is 0 Å². The predicted molar refractivity (Wildman–Crippen MR) is 66.4 cm³/mol. The van der Waals surface area contributed by atoms with Crippen molar-refractivity contribution in [3.05, 3.63) is 46.0 Å². The van der Waals surface area contributed by atoms with Crippen LogP contribution in [0.2, 0.25) is 0 Å². The van der Waals surface area contributed by atoms with E-state index in [4.69, 9.17) is 0 Å². The first kappa shape index (κ1) is 7.80. The summed E-state index contributed by atoms with van der Waals surface area (Å²) in [5, 5.41) is 2.80. The molecule has 1 aliphatic heterocycles. The van der Waals surface area contributed by atoms with Gasteiger partial charge < -0.3 is 0 Å². The van der Waals surface area contributed by atoms with E-state index < -0.39 is 19.8 Å². The fourth-order valence-electron chi connectivity index (χ4n) is 1.58. The Balaban J connectivity index is 2.21. The van der Waals surface area contributed by atoms with Crippen LogP contribution in [0.15, 0.2) is 42.5 Å². The van der Waals surface area contributed by atoms with Crippen molar-refractivity contribution >= 4 is 30.6 Å². The van der Waals surface area contributed by atoms with Gasteiger partial charge in [-0.1, -0.05) is 0 Å². The van der Waals surface area contributed by atoms with E-state index in [1.165, 1.54) is 10.8 Å². The second-order valence-corrected chi connectivity index (χ2v) is 9.33. The number of hydrogen-bond donors (Lipinski definition) is 0. The zero-order valence-electron chi connectivity index (χ0n) is 7.33. The van der Waals surface area contributed by atoms with Gasteiger partial charge in [-0.05, 0) is 0 Å². The Labute approximate surface area is 85.3 Å². The zero-order chi connectivity index (χ0) is 8.67. The Bertz CT molecular complexity index is 444. The number of rotatable bonds is 1. The molecule has 1 fully saturated rings. The van der Waals surface area contributed by atoms with Crippen molar-refractivity contribution in [2.75, 3.05) is 8.86 Å². The van der Waals surface area contributed by atoms with Gasteiger partial charge in [0.1, 0.15) is 0 Å². The minimum atomic E-state index is -0.547. The summed E-state index contributed by atoms with van der Waals surface area (Å²) in [5.41, 5.74) is 0. The third-order valence-electron chi connectivity index (χ3n) is 2.40. The molecule has 1 heteroatoms. The van der Waals surface area contributed by atoms with Crippen molar-refractivity contribution in [1.82, 2.24) is 0 Å². The van der Waals surface area contributed by atoms with E-state index in [1.807, 2.05) is 0 Å². The average molecular weight is 282 g/mol. The van der Waals surface area contributed by atoms with Gasteiger partial charge in [0.15, 0.2) is 0 Å². The average Bonchev–Trinajstić information content (AvgIpc) is 3.00. The molecule has 0 spiro atoms. The molecule has 2 aromatic rings. The summed E-state index contributed by atoms with van der Waals surface area (Å²) in [5.74, 6) is 0. The van der Waals surface area contributed by atoms with E-state index in [1.54, 1.807) is 12.4 Å². The summed E-state index contributed by atoms with van der Waals surface area (Å²) < 4.78 is 4.77. The first-order valence-electron chi connectivity index (χ1n) is 4.54. The van der Waals surface area contributed by atoms with Crippen molar-refractivity contribution in [2.45, 2.75) is 0 Å². The fraction of sp³-hybridized carbons (Fsp3) is 0.167. The molecule has 0 saturated carbocycles. The maximum atomic E-state index is 2.41. The Kier molecular flexibility index (Phi) is 1.79.